The molecule has 0 fully saturated rings. The number of rotatable bonds is 4. The van der Waals surface area contributed by atoms with Crippen LogP contribution in [0.1, 0.15) is 27.3 Å². The molecule has 2 aromatic heterocycles. The zero-order valence-electron chi connectivity index (χ0n) is 13.4. The molecule has 6 heteroatoms. The Balaban J connectivity index is 1.76. The van der Waals surface area contributed by atoms with Gasteiger partial charge in [0.05, 0.1) is 5.69 Å². The molecule has 0 saturated heterocycles. The Hall–Kier alpha value is -2.21. The number of benzene rings is 1. The van der Waals surface area contributed by atoms with Crippen LogP contribution in [0.2, 0.25) is 0 Å². The number of pyridine rings is 1. The van der Waals surface area contributed by atoms with Gasteiger partial charge in [0.1, 0.15) is 17.2 Å². The molecule has 0 aliphatic heterocycles. The molecule has 0 aliphatic carbocycles. The third-order valence-corrected chi connectivity index (χ3v) is 4.31. The maximum atomic E-state index is 12.9. The van der Waals surface area contributed by atoms with Crippen LogP contribution in [0.5, 0.6) is 0 Å². The molecule has 0 bridgehead atoms. The fraction of sp³-hybridized carbons (Fsp3) is 0.222. The van der Waals surface area contributed by atoms with Gasteiger partial charge in [0.15, 0.2) is 0 Å². The Bertz CT molecular complexity index is 903. The fourth-order valence-electron chi connectivity index (χ4n) is 2.71. The topological polar surface area (TPSA) is 46.4 Å². The van der Waals surface area contributed by atoms with Crippen LogP contribution in [-0.4, -0.2) is 21.8 Å². The molecule has 3 aromatic rings. The molecule has 1 aromatic carbocycles. The monoisotopic (exact) mass is 389 g/mol. The molecule has 0 saturated carbocycles. The molecule has 2 heterocycles. The summed E-state index contributed by atoms with van der Waals surface area (Å²) in [6.07, 6.45) is 2.49. The summed E-state index contributed by atoms with van der Waals surface area (Å²) in [6, 6.07) is 8.26. The number of fused-ring (bicyclic) bond motifs is 1. The molecule has 4 nitrogen and oxygen atoms in total. The van der Waals surface area contributed by atoms with E-state index in [1.54, 1.807) is 12.1 Å². The third-order valence-electron chi connectivity index (χ3n) is 3.87. The molecule has 0 unspecified atom stereocenters. The minimum Gasteiger partial charge on any atom is -0.350 e. The number of amides is 1. The van der Waals surface area contributed by atoms with Crippen molar-refractivity contribution in [3.63, 3.8) is 0 Å². The summed E-state index contributed by atoms with van der Waals surface area (Å²) in [6.45, 7) is 4.27. The van der Waals surface area contributed by atoms with Crippen molar-refractivity contribution < 1.29 is 9.18 Å². The number of aromatic nitrogens is 2. The van der Waals surface area contributed by atoms with Crippen molar-refractivity contribution in [3.8, 4) is 0 Å². The Kier molecular flexibility index (Phi) is 4.66. The summed E-state index contributed by atoms with van der Waals surface area (Å²) < 4.78 is 15.6. The first-order chi connectivity index (χ1) is 11.5. The van der Waals surface area contributed by atoms with Gasteiger partial charge in [0, 0.05) is 17.2 Å². The van der Waals surface area contributed by atoms with E-state index >= 15 is 0 Å². The number of hydrogen-bond acceptors (Lipinski definition) is 2. The number of carbonyl (C=O) groups is 1. The minimum absolute atomic E-state index is 0.167. The normalized spacial score (nSPS) is 11.0. The van der Waals surface area contributed by atoms with Crippen LogP contribution in [0.3, 0.4) is 0 Å². The van der Waals surface area contributed by atoms with E-state index in [0.29, 0.717) is 24.4 Å². The summed E-state index contributed by atoms with van der Waals surface area (Å²) >= 11 is 3.45. The van der Waals surface area contributed by atoms with Gasteiger partial charge in [-0.05, 0) is 65.5 Å². The highest BCUT2D eigenvalue weighted by Crippen LogP contribution is 2.20. The lowest BCUT2D eigenvalue weighted by Crippen LogP contribution is -2.27. The summed E-state index contributed by atoms with van der Waals surface area (Å²) in [4.78, 5) is 17.1. The lowest BCUT2D eigenvalue weighted by molar-refractivity contribution is 0.0947. The molecule has 3 rings (SSSR count). The number of carbonyl (C=O) groups excluding carboxylic acids is 1. The number of halogens is 2. The van der Waals surface area contributed by atoms with Gasteiger partial charge < -0.3 is 5.32 Å². The smallest absolute Gasteiger partial charge is 0.270 e. The zero-order valence-corrected chi connectivity index (χ0v) is 15.0. The van der Waals surface area contributed by atoms with Gasteiger partial charge in [-0.2, -0.15) is 0 Å². The van der Waals surface area contributed by atoms with E-state index < -0.39 is 0 Å². The second-order valence-corrected chi connectivity index (χ2v) is 6.63. The molecular formula is C18H17BrFN3O. The largest absolute Gasteiger partial charge is 0.350 e. The van der Waals surface area contributed by atoms with Gasteiger partial charge in [-0.3, -0.25) is 9.20 Å². The zero-order chi connectivity index (χ0) is 17.3. The molecule has 1 N–H and O–H groups in total. The van der Waals surface area contributed by atoms with E-state index in [9.17, 15) is 9.18 Å². The third kappa shape index (κ3) is 3.33. The van der Waals surface area contributed by atoms with E-state index in [1.807, 2.05) is 30.5 Å². The lowest BCUT2D eigenvalue weighted by Gasteiger charge is -2.07. The SMILES string of the molecule is Cc1nc2c(C)cc(Br)cn2c1C(=O)NCCc1ccc(F)cc1. The second-order valence-electron chi connectivity index (χ2n) is 5.71. The Morgan fingerprint density at radius 3 is 2.71 bits per heavy atom. The molecule has 0 spiro atoms. The van der Waals surface area contributed by atoms with Crippen molar-refractivity contribution in [2.24, 2.45) is 0 Å². The van der Waals surface area contributed by atoms with Crippen LogP contribution in [0.25, 0.3) is 5.65 Å². The summed E-state index contributed by atoms with van der Waals surface area (Å²) in [7, 11) is 0. The van der Waals surface area contributed by atoms with Crippen molar-refractivity contribution >= 4 is 27.5 Å². The molecule has 0 radical (unpaired) electrons. The van der Waals surface area contributed by atoms with Gasteiger partial charge in [-0.15, -0.1) is 0 Å². The predicted octanol–water partition coefficient (Wildman–Crippen LogP) is 3.83. The van der Waals surface area contributed by atoms with Crippen molar-refractivity contribution in [2.45, 2.75) is 20.3 Å². The average Bonchev–Trinajstić information content (AvgIpc) is 2.85. The van der Waals surface area contributed by atoms with Crippen molar-refractivity contribution in [1.29, 1.82) is 0 Å². The van der Waals surface area contributed by atoms with Crippen LogP contribution in [0.4, 0.5) is 4.39 Å². The number of imidazole rings is 1. The molecule has 0 atom stereocenters. The van der Waals surface area contributed by atoms with Gasteiger partial charge in [0.2, 0.25) is 0 Å². The van der Waals surface area contributed by atoms with Gasteiger partial charge in [-0.1, -0.05) is 12.1 Å². The van der Waals surface area contributed by atoms with Crippen LogP contribution in [0, 0.1) is 19.7 Å². The van der Waals surface area contributed by atoms with Crippen LogP contribution in [-0.2, 0) is 6.42 Å². The van der Waals surface area contributed by atoms with Gasteiger partial charge >= 0.3 is 0 Å². The van der Waals surface area contributed by atoms with Crippen LogP contribution >= 0.6 is 15.9 Å². The second kappa shape index (κ2) is 6.73. The Morgan fingerprint density at radius 1 is 1.29 bits per heavy atom. The Labute approximate surface area is 147 Å². The number of aryl methyl sites for hydroxylation is 2. The van der Waals surface area contributed by atoms with Crippen molar-refractivity contribution in [1.82, 2.24) is 14.7 Å². The van der Waals surface area contributed by atoms with E-state index in [0.717, 1.165) is 21.2 Å². The molecule has 124 valence electrons. The van der Waals surface area contributed by atoms with Crippen LogP contribution in [0.15, 0.2) is 41.0 Å². The summed E-state index contributed by atoms with van der Waals surface area (Å²) in [5, 5.41) is 2.91. The fourth-order valence-corrected chi connectivity index (χ4v) is 3.26. The first kappa shape index (κ1) is 16.6. The molecule has 0 aliphatic rings. The molecular weight excluding hydrogens is 373 g/mol. The van der Waals surface area contributed by atoms with Gasteiger partial charge in [0.25, 0.3) is 5.91 Å². The van der Waals surface area contributed by atoms with Crippen molar-refractivity contribution in [3.05, 3.63) is 69.3 Å². The Morgan fingerprint density at radius 2 is 2.00 bits per heavy atom. The van der Waals surface area contributed by atoms with Crippen LogP contribution < -0.4 is 5.32 Å². The standard InChI is InChI=1S/C18H17BrFN3O/c1-11-9-14(19)10-23-16(12(2)22-17(11)23)18(24)21-8-7-13-3-5-15(20)6-4-13/h3-6,9-10H,7-8H2,1-2H3,(H,21,24). The first-order valence-corrected chi connectivity index (χ1v) is 8.42. The highest BCUT2D eigenvalue weighted by molar-refractivity contribution is 9.10. The quantitative estimate of drug-likeness (QED) is 0.736. The molecule has 1 amide bonds. The number of nitrogens with zero attached hydrogens (tertiary/aromatic N) is 2. The first-order valence-electron chi connectivity index (χ1n) is 7.63. The van der Waals surface area contributed by atoms with E-state index in [2.05, 4.69) is 26.2 Å². The highest BCUT2D eigenvalue weighted by Gasteiger charge is 2.17. The maximum Gasteiger partial charge on any atom is 0.270 e. The van der Waals surface area contributed by atoms with Crippen molar-refractivity contribution in [2.75, 3.05) is 6.54 Å². The number of hydrogen-bond donors (Lipinski definition) is 1. The van der Waals surface area contributed by atoms with E-state index in [-0.39, 0.29) is 11.7 Å². The van der Waals surface area contributed by atoms with E-state index in [1.165, 1.54) is 12.1 Å². The average molecular weight is 390 g/mol. The highest BCUT2D eigenvalue weighted by atomic mass is 79.9. The molecule has 24 heavy (non-hydrogen) atoms. The number of nitrogens with one attached hydrogen (secondary N) is 1. The summed E-state index contributed by atoms with van der Waals surface area (Å²) in [5.74, 6) is -0.426. The lowest BCUT2D eigenvalue weighted by atomic mass is 10.1. The predicted molar refractivity (Wildman–Crippen MR) is 94.8 cm³/mol. The minimum atomic E-state index is -0.259. The van der Waals surface area contributed by atoms with Gasteiger partial charge in [-0.25, -0.2) is 9.37 Å². The maximum absolute atomic E-state index is 12.9. The van der Waals surface area contributed by atoms with E-state index in [4.69, 9.17) is 0 Å². The summed E-state index contributed by atoms with van der Waals surface area (Å²) in [5.41, 5.74) is 3.98.